The van der Waals surface area contributed by atoms with E-state index in [4.69, 9.17) is 14.2 Å². The predicted molar refractivity (Wildman–Crippen MR) is 101 cm³/mol. The Morgan fingerprint density at radius 1 is 0.846 bits per heavy atom. The molecular weight excluding hydrogens is 332 g/mol. The van der Waals surface area contributed by atoms with Crippen molar-refractivity contribution in [3.05, 3.63) is 48.0 Å². The van der Waals surface area contributed by atoms with Crippen molar-refractivity contribution in [2.45, 2.75) is 0 Å². The molecule has 0 atom stereocenters. The summed E-state index contributed by atoms with van der Waals surface area (Å²) in [7, 11) is 4.86. The van der Waals surface area contributed by atoms with Crippen molar-refractivity contribution < 1.29 is 19.0 Å². The third kappa shape index (κ3) is 3.69. The summed E-state index contributed by atoms with van der Waals surface area (Å²) in [6.07, 6.45) is 0. The Kier molecular flexibility index (Phi) is 5.51. The van der Waals surface area contributed by atoms with E-state index in [9.17, 15) is 4.79 Å². The van der Waals surface area contributed by atoms with Crippen LogP contribution in [0.3, 0.4) is 0 Å². The number of hydrogen-bond acceptors (Lipinski definition) is 5. The average molecular weight is 356 g/mol. The first-order valence-corrected chi connectivity index (χ1v) is 8.56. The van der Waals surface area contributed by atoms with Crippen LogP contribution in [0.5, 0.6) is 17.2 Å². The molecule has 0 saturated carbocycles. The van der Waals surface area contributed by atoms with Gasteiger partial charge < -0.3 is 24.0 Å². The minimum absolute atomic E-state index is 0.0378. The second kappa shape index (κ2) is 7.99. The minimum atomic E-state index is 0.0378. The average Bonchev–Trinajstić information content (AvgIpc) is 2.72. The topological polar surface area (TPSA) is 51.2 Å². The molecule has 1 amide bonds. The third-order valence-electron chi connectivity index (χ3n) is 4.62. The zero-order valence-electron chi connectivity index (χ0n) is 15.4. The number of methoxy groups -OCH3 is 3. The number of rotatable bonds is 5. The Balaban J connectivity index is 1.66. The van der Waals surface area contributed by atoms with Gasteiger partial charge in [-0.1, -0.05) is 6.07 Å². The molecule has 0 N–H and O–H groups in total. The number of amides is 1. The van der Waals surface area contributed by atoms with Crippen molar-refractivity contribution in [3.8, 4) is 17.2 Å². The zero-order valence-corrected chi connectivity index (χ0v) is 15.4. The van der Waals surface area contributed by atoms with E-state index in [2.05, 4.69) is 4.90 Å². The lowest BCUT2D eigenvalue weighted by Crippen LogP contribution is -2.48. The summed E-state index contributed by atoms with van der Waals surface area (Å²) in [6.45, 7) is 2.88. The molecular formula is C20H24N2O4. The van der Waals surface area contributed by atoms with Gasteiger partial charge in [-0.3, -0.25) is 4.79 Å². The Morgan fingerprint density at radius 2 is 1.58 bits per heavy atom. The first-order chi connectivity index (χ1) is 12.7. The number of hydrogen-bond donors (Lipinski definition) is 0. The summed E-state index contributed by atoms with van der Waals surface area (Å²) in [4.78, 5) is 16.8. The number of ether oxygens (including phenoxy) is 3. The van der Waals surface area contributed by atoms with Crippen molar-refractivity contribution in [1.29, 1.82) is 0 Å². The van der Waals surface area contributed by atoms with Crippen LogP contribution in [0.1, 0.15) is 10.4 Å². The number of nitrogens with zero attached hydrogens (tertiary/aromatic N) is 2. The molecule has 2 aromatic rings. The van der Waals surface area contributed by atoms with Crippen LogP contribution < -0.4 is 19.1 Å². The van der Waals surface area contributed by atoms with E-state index in [0.29, 0.717) is 35.9 Å². The van der Waals surface area contributed by atoms with Gasteiger partial charge >= 0.3 is 0 Å². The molecule has 1 aliphatic rings. The van der Waals surface area contributed by atoms with Gasteiger partial charge in [-0.15, -0.1) is 0 Å². The highest BCUT2D eigenvalue weighted by atomic mass is 16.5. The molecule has 0 bridgehead atoms. The van der Waals surface area contributed by atoms with Crippen LogP contribution in [0.2, 0.25) is 0 Å². The number of carbonyl (C=O) groups excluding carboxylic acids is 1. The van der Waals surface area contributed by atoms with Crippen LogP contribution in [-0.4, -0.2) is 58.3 Å². The van der Waals surface area contributed by atoms with Gasteiger partial charge in [0, 0.05) is 43.5 Å². The van der Waals surface area contributed by atoms with Crippen molar-refractivity contribution in [1.82, 2.24) is 4.90 Å². The SMILES string of the molecule is COc1cccc(C(=O)N2CCN(c3ccc(OC)c(OC)c3)CC2)c1. The summed E-state index contributed by atoms with van der Waals surface area (Å²) in [5, 5.41) is 0. The van der Waals surface area contributed by atoms with Gasteiger partial charge in [0.1, 0.15) is 5.75 Å². The molecule has 0 unspecified atom stereocenters. The smallest absolute Gasteiger partial charge is 0.254 e. The monoisotopic (exact) mass is 356 g/mol. The molecule has 1 heterocycles. The molecule has 1 aliphatic heterocycles. The molecule has 3 rings (SSSR count). The van der Waals surface area contributed by atoms with E-state index in [1.54, 1.807) is 27.4 Å². The Labute approximate surface area is 153 Å². The maximum absolute atomic E-state index is 12.7. The van der Waals surface area contributed by atoms with Gasteiger partial charge in [-0.25, -0.2) is 0 Å². The first-order valence-electron chi connectivity index (χ1n) is 8.56. The number of anilines is 1. The normalized spacial score (nSPS) is 14.1. The van der Waals surface area contributed by atoms with Crippen molar-refractivity contribution in [2.24, 2.45) is 0 Å². The van der Waals surface area contributed by atoms with Crippen molar-refractivity contribution >= 4 is 11.6 Å². The molecule has 26 heavy (non-hydrogen) atoms. The van der Waals surface area contributed by atoms with E-state index in [-0.39, 0.29) is 5.91 Å². The maximum atomic E-state index is 12.7. The van der Waals surface area contributed by atoms with Crippen LogP contribution in [0.4, 0.5) is 5.69 Å². The lowest BCUT2D eigenvalue weighted by molar-refractivity contribution is 0.0746. The first kappa shape index (κ1) is 17.9. The minimum Gasteiger partial charge on any atom is -0.497 e. The lowest BCUT2D eigenvalue weighted by Gasteiger charge is -2.36. The van der Waals surface area contributed by atoms with Crippen LogP contribution in [0, 0.1) is 0 Å². The third-order valence-corrected chi connectivity index (χ3v) is 4.62. The summed E-state index contributed by atoms with van der Waals surface area (Å²) < 4.78 is 15.9. The van der Waals surface area contributed by atoms with E-state index in [1.807, 2.05) is 41.3 Å². The molecule has 6 nitrogen and oxygen atoms in total. The summed E-state index contributed by atoms with van der Waals surface area (Å²) in [6, 6.07) is 13.2. The van der Waals surface area contributed by atoms with Gasteiger partial charge in [-0.2, -0.15) is 0 Å². The summed E-state index contributed by atoms with van der Waals surface area (Å²) >= 11 is 0. The largest absolute Gasteiger partial charge is 0.497 e. The van der Waals surface area contributed by atoms with Gasteiger partial charge in [-0.05, 0) is 30.3 Å². The Bertz CT molecular complexity index is 770. The van der Waals surface area contributed by atoms with Gasteiger partial charge in [0.15, 0.2) is 11.5 Å². The maximum Gasteiger partial charge on any atom is 0.254 e. The lowest BCUT2D eigenvalue weighted by atomic mass is 10.1. The quantitative estimate of drug-likeness (QED) is 0.824. The fraction of sp³-hybridized carbons (Fsp3) is 0.350. The number of piperazine rings is 1. The predicted octanol–water partition coefficient (Wildman–Crippen LogP) is 2.67. The molecule has 1 fully saturated rings. The second-order valence-corrected chi connectivity index (χ2v) is 6.05. The van der Waals surface area contributed by atoms with E-state index >= 15 is 0 Å². The number of benzene rings is 2. The van der Waals surface area contributed by atoms with E-state index in [0.717, 1.165) is 18.8 Å². The van der Waals surface area contributed by atoms with Crippen LogP contribution in [0.25, 0.3) is 0 Å². The summed E-state index contributed by atoms with van der Waals surface area (Å²) in [5.41, 5.74) is 1.72. The highest BCUT2D eigenvalue weighted by Crippen LogP contribution is 2.32. The molecule has 2 aromatic carbocycles. The Morgan fingerprint density at radius 3 is 2.23 bits per heavy atom. The zero-order chi connectivity index (χ0) is 18.5. The van der Waals surface area contributed by atoms with Crippen molar-refractivity contribution in [3.63, 3.8) is 0 Å². The van der Waals surface area contributed by atoms with Gasteiger partial charge in [0.2, 0.25) is 0 Å². The molecule has 0 aromatic heterocycles. The molecule has 0 spiro atoms. The van der Waals surface area contributed by atoms with Crippen LogP contribution in [0.15, 0.2) is 42.5 Å². The van der Waals surface area contributed by atoms with Crippen molar-refractivity contribution in [2.75, 3.05) is 52.4 Å². The fourth-order valence-corrected chi connectivity index (χ4v) is 3.13. The fourth-order valence-electron chi connectivity index (χ4n) is 3.13. The molecule has 6 heteroatoms. The van der Waals surface area contributed by atoms with Gasteiger partial charge in [0.25, 0.3) is 5.91 Å². The highest BCUT2D eigenvalue weighted by molar-refractivity contribution is 5.94. The van der Waals surface area contributed by atoms with Crippen LogP contribution in [-0.2, 0) is 0 Å². The molecule has 0 radical (unpaired) electrons. The second-order valence-electron chi connectivity index (χ2n) is 6.05. The molecule has 1 saturated heterocycles. The van der Waals surface area contributed by atoms with Crippen LogP contribution >= 0.6 is 0 Å². The van der Waals surface area contributed by atoms with E-state index < -0.39 is 0 Å². The van der Waals surface area contributed by atoms with Gasteiger partial charge in [0.05, 0.1) is 21.3 Å². The Hall–Kier alpha value is -2.89. The molecule has 0 aliphatic carbocycles. The summed E-state index contributed by atoms with van der Waals surface area (Å²) in [5.74, 6) is 2.15. The van der Waals surface area contributed by atoms with E-state index in [1.165, 1.54) is 0 Å². The molecule has 138 valence electrons. The highest BCUT2D eigenvalue weighted by Gasteiger charge is 2.23. The number of carbonyl (C=O) groups is 1. The standard InChI is InChI=1S/C20H24N2O4/c1-24-17-6-4-5-15(13-17)20(23)22-11-9-21(10-12-22)16-7-8-18(25-2)19(14-16)26-3/h4-8,13-14H,9-12H2,1-3H3.